The number of nitrogens with two attached hydrogens (primary N) is 1. The Hall–Kier alpha value is -2.50. The first-order valence-electron chi connectivity index (χ1n) is 5.54. The van der Waals surface area contributed by atoms with Crippen molar-refractivity contribution in [3.8, 4) is 5.82 Å². The Bertz CT molecular complexity index is 793. The summed E-state index contributed by atoms with van der Waals surface area (Å²) in [6.45, 7) is 0. The molecule has 0 aromatic carbocycles. The summed E-state index contributed by atoms with van der Waals surface area (Å²) in [5, 5.41) is 4.82. The van der Waals surface area contributed by atoms with Crippen LogP contribution in [0.5, 0.6) is 0 Å². The molecule has 2 N–H and O–H groups in total. The number of aromatic nitrogens is 4. The van der Waals surface area contributed by atoms with E-state index in [1.807, 2.05) is 20.2 Å². The molecule has 0 aliphatic heterocycles. The second kappa shape index (κ2) is 3.49. The molecule has 0 amide bonds. The molecule has 0 atom stereocenters. The van der Waals surface area contributed by atoms with Crippen LogP contribution >= 0.6 is 0 Å². The minimum absolute atomic E-state index is 0.112. The lowest BCUT2D eigenvalue weighted by Crippen LogP contribution is -2.17. The van der Waals surface area contributed by atoms with Gasteiger partial charge in [0.15, 0.2) is 5.82 Å². The first-order chi connectivity index (χ1) is 8.58. The first-order valence-corrected chi connectivity index (χ1v) is 5.54. The number of anilines is 1. The van der Waals surface area contributed by atoms with E-state index in [2.05, 4.69) is 5.10 Å². The van der Waals surface area contributed by atoms with Crippen molar-refractivity contribution in [2.45, 2.75) is 0 Å². The maximum atomic E-state index is 12.3. The van der Waals surface area contributed by atoms with Crippen LogP contribution in [-0.4, -0.2) is 18.9 Å². The molecule has 0 aliphatic rings. The van der Waals surface area contributed by atoms with Gasteiger partial charge in [0.05, 0.1) is 10.9 Å². The molecule has 6 nitrogen and oxygen atoms in total. The van der Waals surface area contributed by atoms with E-state index < -0.39 is 0 Å². The number of rotatable bonds is 1. The number of hydrogen-bond acceptors (Lipinski definition) is 3. The third-order valence-corrected chi connectivity index (χ3v) is 3.09. The van der Waals surface area contributed by atoms with Gasteiger partial charge in [0.1, 0.15) is 5.82 Å². The molecule has 0 bridgehead atoms. The van der Waals surface area contributed by atoms with E-state index in [1.165, 1.54) is 4.57 Å². The van der Waals surface area contributed by atoms with Crippen molar-refractivity contribution in [1.29, 1.82) is 0 Å². The Labute approximate surface area is 103 Å². The number of pyridine rings is 1. The molecule has 3 aromatic heterocycles. The number of aryl methyl sites for hydroxylation is 2. The van der Waals surface area contributed by atoms with Crippen LogP contribution in [0.3, 0.4) is 0 Å². The molecule has 0 aliphatic carbocycles. The van der Waals surface area contributed by atoms with Gasteiger partial charge in [0.2, 0.25) is 0 Å². The van der Waals surface area contributed by atoms with Crippen LogP contribution in [0.25, 0.3) is 16.7 Å². The molecular formula is C12H13N5O. The average molecular weight is 243 g/mol. The Kier molecular flexibility index (Phi) is 2.07. The van der Waals surface area contributed by atoms with Crippen LogP contribution in [0.15, 0.2) is 35.4 Å². The Morgan fingerprint density at radius 2 is 2.00 bits per heavy atom. The van der Waals surface area contributed by atoms with E-state index in [9.17, 15) is 4.79 Å². The quantitative estimate of drug-likeness (QED) is 0.682. The topological polar surface area (TPSA) is 70.8 Å². The monoisotopic (exact) mass is 243 g/mol. The summed E-state index contributed by atoms with van der Waals surface area (Å²) >= 11 is 0. The van der Waals surface area contributed by atoms with Gasteiger partial charge in [-0.15, -0.1) is 0 Å². The standard InChI is InChI=1S/C12H13N5O/c1-15-5-4-11(14-15)17-6-3-9-8(12(17)18)7-10(13)16(9)2/h3-7H,13H2,1-2H3. The molecule has 0 saturated carbocycles. The van der Waals surface area contributed by atoms with Crippen molar-refractivity contribution < 1.29 is 0 Å². The lowest BCUT2D eigenvalue weighted by molar-refractivity contribution is 0.747. The second-order valence-electron chi connectivity index (χ2n) is 4.27. The molecule has 3 rings (SSSR count). The van der Waals surface area contributed by atoms with E-state index in [0.29, 0.717) is 17.0 Å². The second-order valence-corrected chi connectivity index (χ2v) is 4.27. The van der Waals surface area contributed by atoms with Crippen molar-refractivity contribution in [1.82, 2.24) is 18.9 Å². The Morgan fingerprint density at radius 1 is 1.22 bits per heavy atom. The summed E-state index contributed by atoms with van der Waals surface area (Å²) in [6.07, 6.45) is 3.51. The molecule has 18 heavy (non-hydrogen) atoms. The van der Waals surface area contributed by atoms with Gasteiger partial charge in [-0.05, 0) is 12.1 Å². The zero-order valence-electron chi connectivity index (χ0n) is 10.2. The summed E-state index contributed by atoms with van der Waals surface area (Å²) in [4.78, 5) is 12.3. The molecule has 6 heteroatoms. The predicted molar refractivity (Wildman–Crippen MR) is 69.7 cm³/mol. The van der Waals surface area contributed by atoms with Crippen LogP contribution in [0.2, 0.25) is 0 Å². The molecule has 0 spiro atoms. The Morgan fingerprint density at radius 3 is 2.67 bits per heavy atom. The van der Waals surface area contributed by atoms with E-state index >= 15 is 0 Å². The molecule has 0 unspecified atom stereocenters. The van der Waals surface area contributed by atoms with Gasteiger partial charge >= 0.3 is 0 Å². The largest absolute Gasteiger partial charge is 0.385 e. The van der Waals surface area contributed by atoms with Crippen molar-refractivity contribution in [3.05, 3.63) is 40.9 Å². The third kappa shape index (κ3) is 1.35. The molecule has 3 heterocycles. The first kappa shape index (κ1) is 10.6. The van der Waals surface area contributed by atoms with Gasteiger partial charge in [-0.2, -0.15) is 5.10 Å². The average Bonchev–Trinajstić information content (AvgIpc) is 2.87. The van der Waals surface area contributed by atoms with E-state index in [4.69, 9.17) is 5.73 Å². The zero-order chi connectivity index (χ0) is 12.9. The van der Waals surface area contributed by atoms with Gasteiger partial charge in [-0.25, -0.2) is 0 Å². The van der Waals surface area contributed by atoms with E-state index in [0.717, 1.165) is 5.52 Å². The smallest absolute Gasteiger partial charge is 0.265 e. The molecular weight excluding hydrogens is 230 g/mol. The highest BCUT2D eigenvalue weighted by Crippen LogP contribution is 2.17. The molecule has 0 saturated heterocycles. The minimum Gasteiger partial charge on any atom is -0.385 e. The highest BCUT2D eigenvalue weighted by Gasteiger charge is 2.10. The fourth-order valence-electron chi connectivity index (χ4n) is 2.07. The van der Waals surface area contributed by atoms with Gasteiger partial charge in [-0.1, -0.05) is 0 Å². The normalized spacial score (nSPS) is 11.2. The predicted octanol–water partition coefficient (Wildman–Crippen LogP) is 0.645. The number of hydrogen-bond donors (Lipinski definition) is 1. The van der Waals surface area contributed by atoms with Crippen molar-refractivity contribution >= 4 is 16.7 Å². The van der Waals surface area contributed by atoms with Crippen molar-refractivity contribution in [2.75, 3.05) is 5.73 Å². The summed E-state index contributed by atoms with van der Waals surface area (Å²) < 4.78 is 4.96. The fourth-order valence-corrected chi connectivity index (χ4v) is 2.07. The molecule has 3 aromatic rings. The molecule has 92 valence electrons. The number of fused-ring (bicyclic) bond motifs is 1. The number of nitrogens with zero attached hydrogens (tertiary/aromatic N) is 4. The maximum Gasteiger partial charge on any atom is 0.265 e. The van der Waals surface area contributed by atoms with Gasteiger partial charge in [-0.3, -0.25) is 14.0 Å². The molecule has 0 fully saturated rings. The van der Waals surface area contributed by atoms with Crippen LogP contribution in [0.4, 0.5) is 5.82 Å². The maximum absolute atomic E-state index is 12.3. The van der Waals surface area contributed by atoms with Crippen LogP contribution in [0.1, 0.15) is 0 Å². The van der Waals surface area contributed by atoms with Gasteiger partial charge in [0.25, 0.3) is 5.56 Å². The van der Waals surface area contributed by atoms with Crippen molar-refractivity contribution in [3.63, 3.8) is 0 Å². The summed E-state index contributed by atoms with van der Waals surface area (Å²) in [7, 11) is 3.65. The van der Waals surface area contributed by atoms with Gasteiger partial charge < -0.3 is 10.3 Å². The SMILES string of the molecule is Cn1ccc(-n2ccc3c(cc(N)n3C)c2=O)n1. The lowest BCUT2D eigenvalue weighted by atomic mass is 10.3. The van der Waals surface area contributed by atoms with E-state index in [1.54, 1.807) is 33.8 Å². The van der Waals surface area contributed by atoms with Gasteiger partial charge in [0, 0.05) is 32.6 Å². The van der Waals surface area contributed by atoms with Crippen LogP contribution in [-0.2, 0) is 14.1 Å². The van der Waals surface area contributed by atoms with Crippen LogP contribution < -0.4 is 11.3 Å². The zero-order valence-corrected chi connectivity index (χ0v) is 10.2. The molecule has 0 radical (unpaired) electrons. The summed E-state index contributed by atoms with van der Waals surface area (Å²) in [6, 6.07) is 5.35. The van der Waals surface area contributed by atoms with Crippen LogP contribution in [0, 0.1) is 0 Å². The summed E-state index contributed by atoms with van der Waals surface area (Å²) in [5.74, 6) is 1.17. The minimum atomic E-state index is -0.112. The fraction of sp³-hybridized carbons (Fsp3) is 0.167. The highest BCUT2D eigenvalue weighted by molar-refractivity contribution is 5.83. The van der Waals surface area contributed by atoms with E-state index in [-0.39, 0.29) is 5.56 Å². The summed E-state index contributed by atoms with van der Waals surface area (Å²) in [5.41, 5.74) is 6.52. The Balaban J connectivity index is 2.33. The lowest BCUT2D eigenvalue weighted by Gasteiger charge is -2.02. The highest BCUT2D eigenvalue weighted by atomic mass is 16.1. The third-order valence-electron chi connectivity index (χ3n) is 3.09. The van der Waals surface area contributed by atoms with Crippen molar-refractivity contribution in [2.24, 2.45) is 14.1 Å². The number of nitrogen functional groups attached to an aromatic ring is 1.